The van der Waals surface area contributed by atoms with E-state index in [1.807, 2.05) is 36.4 Å². The zero-order valence-corrected chi connectivity index (χ0v) is 39.7. The van der Waals surface area contributed by atoms with Crippen LogP contribution in [0.25, 0.3) is 11.6 Å². The fourth-order valence-corrected chi connectivity index (χ4v) is 15.6. The van der Waals surface area contributed by atoms with Crippen LogP contribution in [0.15, 0.2) is 201 Å². The SMILES string of the molecule is C=C(CC(=O)CC(=O)/C=C/c1ccc(OCCCP(c2ccccc2)c2ccccc2)c(OC)c1)c1ccc(OCCC[PH](c2ccccc2)(c2ccccc2)c2ccccc2)c(OC)c1. The molecule has 6 nitrogen and oxygen atoms in total. The van der Waals surface area contributed by atoms with E-state index >= 15 is 0 Å². The second kappa shape index (κ2) is 24.1. The van der Waals surface area contributed by atoms with Crippen LogP contribution in [0, 0.1) is 0 Å². The van der Waals surface area contributed by atoms with E-state index in [-0.39, 0.29) is 24.4 Å². The maximum absolute atomic E-state index is 13.1. The number of hydrogen-bond donors (Lipinski definition) is 0. The van der Waals surface area contributed by atoms with Gasteiger partial charge < -0.3 is 9.47 Å². The van der Waals surface area contributed by atoms with Gasteiger partial charge in [0.15, 0.2) is 17.3 Å². The molecule has 7 aromatic carbocycles. The Hall–Kier alpha value is -6.58. The molecule has 0 radical (unpaired) electrons. The number of carbonyl (C=O) groups excluding carboxylic acids is 2. The Morgan fingerprint density at radius 2 is 1.02 bits per heavy atom. The van der Waals surface area contributed by atoms with Gasteiger partial charge in [-0.25, -0.2) is 0 Å². The summed E-state index contributed by atoms with van der Waals surface area (Å²) in [6.45, 7) is 5.23. The van der Waals surface area contributed by atoms with Gasteiger partial charge in [-0.05, 0) is 54.9 Å². The van der Waals surface area contributed by atoms with Crippen LogP contribution < -0.4 is 45.5 Å². The fraction of sp³-hybridized carbons (Fsp3) is 0.172. The quantitative estimate of drug-likeness (QED) is 0.0260. The van der Waals surface area contributed by atoms with Crippen LogP contribution in [-0.4, -0.2) is 51.3 Å². The molecule has 0 saturated carbocycles. The first-order valence-corrected chi connectivity index (χ1v) is 26.2. The molecule has 0 aliphatic rings. The van der Waals surface area contributed by atoms with Crippen molar-refractivity contribution in [2.45, 2.75) is 25.7 Å². The van der Waals surface area contributed by atoms with Crippen molar-refractivity contribution in [1.29, 1.82) is 0 Å². The van der Waals surface area contributed by atoms with Gasteiger partial charge in [-0.15, -0.1) is 0 Å². The van der Waals surface area contributed by atoms with Crippen LogP contribution in [0.2, 0.25) is 0 Å². The first kappa shape index (κ1) is 47.4. The van der Waals surface area contributed by atoms with Gasteiger partial charge in [-0.3, -0.25) is 4.79 Å². The van der Waals surface area contributed by atoms with Gasteiger partial charge in [-0.2, -0.15) is 0 Å². The van der Waals surface area contributed by atoms with Crippen molar-refractivity contribution in [2.75, 3.05) is 39.8 Å². The second-order valence-corrected chi connectivity index (χ2v) is 22.4. The van der Waals surface area contributed by atoms with Crippen molar-refractivity contribution in [2.24, 2.45) is 0 Å². The Balaban J connectivity index is 0.899. The Bertz CT molecular complexity index is 2540. The average Bonchev–Trinajstić information content (AvgIpc) is 3.37. The summed E-state index contributed by atoms with van der Waals surface area (Å²) in [7, 11) is 0.329. The molecule has 0 aliphatic carbocycles. The van der Waals surface area contributed by atoms with Crippen LogP contribution >= 0.6 is 15.2 Å². The Labute approximate surface area is 392 Å². The molecule has 7 rings (SSSR count). The number of Topliss-reactive ketones (excluding diaryl/α,β-unsaturated/α-hetero) is 1. The predicted molar refractivity (Wildman–Crippen MR) is 279 cm³/mol. The van der Waals surface area contributed by atoms with E-state index in [1.165, 1.54) is 32.6 Å². The Morgan fingerprint density at radius 3 is 1.53 bits per heavy atom. The van der Waals surface area contributed by atoms with Crippen molar-refractivity contribution in [3.8, 4) is 23.0 Å². The molecular weight excluding hydrogens is 855 g/mol. The topological polar surface area (TPSA) is 71.1 Å². The number of benzene rings is 7. The number of methoxy groups -OCH3 is 2. The summed E-state index contributed by atoms with van der Waals surface area (Å²) in [5, 5.41) is 6.80. The summed E-state index contributed by atoms with van der Waals surface area (Å²) in [5.74, 6) is 1.89. The molecule has 0 amide bonds. The van der Waals surface area contributed by atoms with Crippen LogP contribution in [0.5, 0.6) is 23.0 Å². The molecule has 0 heterocycles. The zero-order chi connectivity index (χ0) is 46.0. The van der Waals surface area contributed by atoms with Crippen molar-refractivity contribution >= 4 is 64.9 Å². The van der Waals surface area contributed by atoms with Gasteiger partial charge in [0.1, 0.15) is 0 Å². The third kappa shape index (κ3) is 12.4. The zero-order valence-electron chi connectivity index (χ0n) is 37.8. The van der Waals surface area contributed by atoms with E-state index < -0.39 is 15.2 Å². The van der Waals surface area contributed by atoms with E-state index in [9.17, 15) is 9.59 Å². The minimum absolute atomic E-state index is 0.0343. The molecule has 0 aromatic heterocycles. The minimum atomic E-state index is -2.38. The fourth-order valence-electron chi connectivity index (χ4n) is 8.41. The van der Waals surface area contributed by atoms with Crippen LogP contribution in [0.3, 0.4) is 0 Å². The van der Waals surface area contributed by atoms with Gasteiger partial charge in [0.25, 0.3) is 0 Å². The van der Waals surface area contributed by atoms with E-state index in [2.05, 4.69) is 158 Å². The third-order valence-corrected chi connectivity index (χ3v) is 19.3. The second-order valence-electron chi connectivity index (χ2n) is 16.1. The van der Waals surface area contributed by atoms with E-state index in [4.69, 9.17) is 18.9 Å². The molecule has 7 aromatic rings. The number of ether oxygens (including phenoxy) is 4. The molecule has 0 spiro atoms. The Morgan fingerprint density at radius 1 is 0.545 bits per heavy atom. The number of carbonyl (C=O) groups is 2. The molecule has 0 atom stereocenters. The molecule has 0 aliphatic heterocycles. The molecule has 0 saturated heterocycles. The molecule has 66 heavy (non-hydrogen) atoms. The predicted octanol–water partition coefficient (Wildman–Crippen LogP) is 10.7. The van der Waals surface area contributed by atoms with Crippen molar-refractivity contribution in [1.82, 2.24) is 0 Å². The molecule has 8 heteroatoms. The first-order valence-electron chi connectivity index (χ1n) is 22.4. The van der Waals surface area contributed by atoms with E-state index in [0.717, 1.165) is 36.3 Å². The van der Waals surface area contributed by atoms with Crippen LogP contribution in [-0.2, 0) is 9.59 Å². The summed E-state index contributed by atoms with van der Waals surface area (Å²) < 4.78 is 24.0. The van der Waals surface area contributed by atoms with Crippen LogP contribution in [0.1, 0.15) is 36.8 Å². The summed E-state index contributed by atoms with van der Waals surface area (Å²) in [4.78, 5) is 26.1. The van der Waals surface area contributed by atoms with Gasteiger partial charge in [-0.1, -0.05) is 72.8 Å². The van der Waals surface area contributed by atoms with Crippen molar-refractivity contribution in [3.63, 3.8) is 0 Å². The molecule has 0 fully saturated rings. The van der Waals surface area contributed by atoms with Gasteiger partial charge in [0.05, 0.1) is 13.7 Å². The maximum atomic E-state index is 13.1. The average molecular weight is 913 g/mol. The standard InChI is InChI=1S/C58H58O6P2/c1-45(47-33-36-56(58(43-47)62-3)64-38-20-40-66(52-25-13-6-14-26-52,53-27-15-7-16-28-53)54-29-17-8-18-30-54)41-49(60)44-48(59)34-31-46-32-35-55(57(42-46)61-2)63-37-19-39-65(50-21-9-4-10-22-50)51-23-11-5-12-24-51/h4-18,21-36,42-43,66H,1,19-20,37-41,44H2,2-3H3/b34-31+. The molecule has 0 bridgehead atoms. The number of allylic oxidation sites excluding steroid dienone is 2. The van der Waals surface area contributed by atoms with Gasteiger partial charge in [0.2, 0.25) is 0 Å². The van der Waals surface area contributed by atoms with Crippen molar-refractivity contribution < 1.29 is 28.5 Å². The number of rotatable bonds is 24. The monoisotopic (exact) mass is 912 g/mol. The Kier molecular flexibility index (Phi) is 17.3. The normalized spacial score (nSPS) is 11.6. The number of ketones is 2. The van der Waals surface area contributed by atoms with Crippen LogP contribution in [0.4, 0.5) is 0 Å². The van der Waals surface area contributed by atoms with Gasteiger partial charge in [0, 0.05) is 0 Å². The summed E-state index contributed by atoms with van der Waals surface area (Å²) in [5.41, 5.74) is 2.12. The number of hydrogen-bond acceptors (Lipinski definition) is 6. The van der Waals surface area contributed by atoms with E-state index in [1.54, 1.807) is 20.3 Å². The molecule has 336 valence electrons. The third-order valence-electron chi connectivity index (χ3n) is 11.7. The van der Waals surface area contributed by atoms with E-state index in [0.29, 0.717) is 41.8 Å². The molecule has 0 N–H and O–H groups in total. The first-order chi connectivity index (χ1) is 32.4. The summed E-state index contributed by atoms with van der Waals surface area (Å²) >= 11 is 0. The molecule has 0 unspecified atom stereocenters. The molecular formula is C58H58O6P2. The van der Waals surface area contributed by atoms with Crippen molar-refractivity contribution in [3.05, 3.63) is 212 Å². The summed E-state index contributed by atoms with van der Waals surface area (Å²) in [6, 6.07) is 65.1. The summed E-state index contributed by atoms with van der Waals surface area (Å²) in [6.07, 6.45) is 6.60. The van der Waals surface area contributed by atoms with Gasteiger partial charge >= 0.3 is 221 Å².